The zero-order chi connectivity index (χ0) is 28.2. The molecule has 4 aromatic carbocycles. The number of hydrogen-bond donors (Lipinski definition) is 2. The van der Waals surface area contributed by atoms with Crippen molar-refractivity contribution in [2.24, 2.45) is 0 Å². The van der Waals surface area contributed by atoms with E-state index in [-0.39, 0.29) is 17.9 Å². The lowest BCUT2D eigenvalue weighted by Crippen LogP contribution is -2.47. The Morgan fingerprint density at radius 2 is 1.49 bits per heavy atom. The summed E-state index contributed by atoms with van der Waals surface area (Å²) < 4.78 is 14.1. The summed E-state index contributed by atoms with van der Waals surface area (Å²) in [5.41, 5.74) is 3.26. The number of halogens is 1. The molecule has 1 aromatic heterocycles. The van der Waals surface area contributed by atoms with Crippen molar-refractivity contribution in [3.63, 3.8) is 0 Å². The van der Waals surface area contributed by atoms with Gasteiger partial charge in [-0.05, 0) is 59.7 Å². The summed E-state index contributed by atoms with van der Waals surface area (Å²) in [5.74, 6) is -1.03. The third-order valence-electron chi connectivity index (χ3n) is 7.89. The number of benzene rings is 4. The second-order valence-corrected chi connectivity index (χ2v) is 10.6. The van der Waals surface area contributed by atoms with Crippen LogP contribution in [0.25, 0.3) is 22.0 Å². The molecule has 1 saturated carbocycles. The van der Waals surface area contributed by atoms with Crippen LogP contribution in [0, 0.1) is 5.82 Å². The van der Waals surface area contributed by atoms with Gasteiger partial charge < -0.3 is 10.3 Å². The molecule has 5 nitrogen and oxygen atoms in total. The third-order valence-corrected chi connectivity index (χ3v) is 7.89. The van der Waals surface area contributed by atoms with E-state index in [4.69, 9.17) is 0 Å². The van der Waals surface area contributed by atoms with Crippen LogP contribution >= 0.6 is 0 Å². The minimum atomic E-state index is -1.01. The summed E-state index contributed by atoms with van der Waals surface area (Å²) in [6.45, 7) is 0. The predicted octanol–water partition coefficient (Wildman–Crippen LogP) is 7.81. The third kappa shape index (κ3) is 5.64. The van der Waals surface area contributed by atoms with Gasteiger partial charge in [-0.25, -0.2) is 4.39 Å². The van der Waals surface area contributed by atoms with Crippen LogP contribution in [0.3, 0.4) is 0 Å². The number of hydrogen-bond acceptors (Lipinski definition) is 2. The highest BCUT2D eigenvalue weighted by atomic mass is 19.1. The lowest BCUT2D eigenvalue weighted by Gasteiger charge is -2.34. The zero-order valence-electron chi connectivity index (χ0n) is 22.7. The van der Waals surface area contributed by atoms with E-state index in [0.717, 1.165) is 54.1 Å². The van der Waals surface area contributed by atoms with Crippen LogP contribution in [0.15, 0.2) is 109 Å². The number of rotatable bonds is 7. The Kier molecular flexibility index (Phi) is 7.63. The van der Waals surface area contributed by atoms with Crippen LogP contribution in [-0.4, -0.2) is 22.8 Å². The number of carbonyl (C=O) groups excluding carboxylic acids is 2. The lowest BCUT2D eigenvalue weighted by molar-refractivity contribution is -0.123. The van der Waals surface area contributed by atoms with Crippen LogP contribution in [0.4, 0.5) is 10.1 Å². The van der Waals surface area contributed by atoms with Crippen LogP contribution < -0.4 is 10.2 Å². The van der Waals surface area contributed by atoms with Crippen LogP contribution in [-0.2, 0) is 4.79 Å². The first-order valence-electron chi connectivity index (χ1n) is 14.2. The van der Waals surface area contributed by atoms with Gasteiger partial charge in [-0.1, -0.05) is 98.1 Å². The van der Waals surface area contributed by atoms with Crippen molar-refractivity contribution in [1.82, 2.24) is 10.3 Å². The minimum Gasteiger partial charge on any atom is -0.351 e. The zero-order valence-corrected chi connectivity index (χ0v) is 22.7. The van der Waals surface area contributed by atoms with Gasteiger partial charge in [-0.2, -0.15) is 0 Å². The lowest BCUT2D eigenvalue weighted by atomic mass is 9.94. The first-order chi connectivity index (χ1) is 20.1. The maximum Gasteiger partial charge on any atom is 0.275 e. The van der Waals surface area contributed by atoms with Crippen LogP contribution in [0.5, 0.6) is 0 Å². The topological polar surface area (TPSA) is 65.2 Å². The monoisotopic (exact) mass is 545 g/mol. The van der Waals surface area contributed by atoms with Gasteiger partial charge in [0.05, 0.1) is 5.69 Å². The highest BCUT2D eigenvalue weighted by Gasteiger charge is 2.36. The summed E-state index contributed by atoms with van der Waals surface area (Å²) in [6.07, 6.45) is 5.08. The molecular weight excluding hydrogens is 513 g/mol. The molecule has 6 rings (SSSR count). The Labute approximate surface area is 239 Å². The number of H-pyrrole nitrogens is 1. The summed E-state index contributed by atoms with van der Waals surface area (Å²) in [4.78, 5) is 33.6. The molecule has 1 aliphatic carbocycles. The van der Waals surface area contributed by atoms with E-state index in [1.807, 2.05) is 78.9 Å². The van der Waals surface area contributed by atoms with Crippen molar-refractivity contribution < 1.29 is 14.0 Å². The Morgan fingerprint density at radius 3 is 2.27 bits per heavy atom. The number of nitrogens with zero attached hydrogens (tertiary/aromatic N) is 1. The molecule has 1 aliphatic rings. The molecule has 2 N–H and O–H groups in total. The second kappa shape index (κ2) is 11.8. The Morgan fingerprint density at radius 1 is 0.780 bits per heavy atom. The number of anilines is 1. The molecule has 1 fully saturated rings. The van der Waals surface area contributed by atoms with E-state index in [1.54, 1.807) is 23.1 Å². The van der Waals surface area contributed by atoms with Crippen molar-refractivity contribution in [1.29, 1.82) is 0 Å². The van der Waals surface area contributed by atoms with Crippen LogP contribution in [0.1, 0.15) is 54.2 Å². The van der Waals surface area contributed by atoms with Gasteiger partial charge in [0.1, 0.15) is 17.6 Å². The molecule has 0 aliphatic heterocycles. The SMILES string of the molecule is O=C(NC1CCCCC1)C(c1ccc(F)cc1)N(C(=O)c1ccc(-c2ccccc2)[nH]1)c1cccc2ccccc12. The fourth-order valence-corrected chi connectivity index (χ4v) is 5.81. The van der Waals surface area contributed by atoms with Crippen molar-refractivity contribution >= 4 is 28.3 Å². The van der Waals surface area contributed by atoms with E-state index < -0.39 is 11.9 Å². The first kappa shape index (κ1) is 26.5. The van der Waals surface area contributed by atoms with Gasteiger partial charge in [0, 0.05) is 17.1 Å². The number of amides is 2. The number of aromatic amines is 1. The molecule has 206 valence electrons. The van der Waals surface area contributed by atoms with E-state index in [0.29, 0.717) is 16.9 Å². The van der Waals surface area contributed by atoms with E-state index >= 15 is 0 Å². The largest absolute Gasteiger partial charge is 0.351 e. The van der Waals surface area contributed by atoms with Crippen LogP contribution in [0.2, 0.25) is 0 Å². The maximum atomic E-state index is 14.6. The molecule has 2 amide bonds. The molecule has 1 unspecified atom stereocenters. The molecular formula is C35H32FN3O2. The van der Waals surface area contributed by atoms with E-state index in [1.165, 1.54) is 12.1 Å². The quantitative estimate of drug-likeness (QED) is 0.219. The molecule has 1 heterocycles. The van der Waals surface area contributed by atoms with Gasteiger partial charge in [-0.15, -0.1) is 0 Å². The fraction of sp³-hybridized carbons (Fsp3) is 0.200. The van der Waals surface area contributed by atoms with E-state index in [9.17, 15) is 14.0 Å². The van der Waals surface area contributed by atoms with Gasteiger partial charge in [0.15, 0.2) is 0 Å². The summed E-state index contributed by atoms with van der Waals surface area (Å²) in [5, 5.41) is 5.02. The standard InChI is InChI=1S/C35H32FN3O2/c36-27-20-18-26(19-21-27)33(34(40)37-28-14-5-2-6-15-28)39(32-17-9-13-24-10-7-8-16-29(24)32)35(41)31-23-22-30(38-31)25-11-3-1-4-12-25/h1,3-4,7-13,16-23,28,33,38H,2,5-6,14-15H2,(H,37,40). The van der Waals surface area contributed by atoms with E-state index in [2.05, 4.69) is 10.3 Å². The molecule has 0 bridgehead atoms. The maximum absolute atomic E-state index is 14.6. The Hall–Kier alpha value is -4.71. The molecule has 0 spiro atoms. The Bertz CT molecular complexity index is 1650. The molecule has 1 atom stereocenters. The van der Waals surface area contributed by atoms with Crippen molar-refractivity contribution in [2.75, 3.05) is 4.90 Å². The summed E-state index contributed by atoms with van der Waals surface area (Å²) in [6, 6.07) is 31.8. The highest BCUT2D eigenvalue weighted by molar-refractivity contribution is 6.13. The summed E-state index contributed by atoms with van der Waals surface area (Å²) in [7, 11) is 0. The highest BCUT2D eigenvalue weighted by Crippen LogP contribution is 2.36. The second-order valence-electron chi connectivity index (χ2n) is 10.6. The van der Waals surface area contributed by atoms with Gasteiger partial charge in [0.2, 0.25) is 5.91 Å². The Balaban J connectivity index is 1.49. The average Bonchev–Trinajstić information content (AvgIpc) is 3.52. The number of carbonyl (C=O) groups is 2. The van der Waals surface area contributed by atoms with Crippen molar-refractivity contribution in [2.45, 2.75) is 44.2 Å². The normalized spacial score (nSPS) is 14.5. The average molecular weight is 546 g/mol. The van der Waals surface area contributed by atoms with Gasteiger partial charge >= 0.3 is 0 Å². The molecule has 6 heteroatoms. The molecule has 0 radical (unpaired) electrons. The number of aromatic nitrogens is 1. The first-order valence-corrected chi connectivity index (χ1v) is 14.2. The fourth-order valence-electron chi connectivity index (χ4n) is 5.81. The van der Waals surface area contributed by atoms with Crippen molar-refractivity contribution in [3.05, 3.63) is 126 Å². The molecule has 0 saturated heterocycles. The minimum absolute atomic E-state index is 0.0406. The number of fused-ring (bicyclic) bond motifs is 1. The predicted molar refractivity (Wildman–Crippen MR) is 161 cm³/mol. The molecule has 5 aromatic rings. The number of nitrogens with one attached hydrogen (secondary N) is 2. The smallest absolute Gasteiger partial charge is 0.275 e. The molecule has 41 heavy (non-hydrogen) atoms. The van der Waals surface area contributed by atoms with Crippen molar-refractivity contribution in [3.8, 4) is 11.3 Å². The summed E-state index contributed by atoms with van der Waals surface area (Å²) >= 11 is 0. The van der Waals surface area contributed by atoms with Gasteiger partial charge in [0.25, 0.3) is 5.91 Å². The van der Waals surface area contributed by atoms with Gasteiger partial charge in [-0.3, -0.25) is 14.5 Å².